The summed E-state index contributed by atoms with van der Waals surface area (Å²) in [7, 11) is 0. The van der Waals surface area contributed by atoms with E-state index in [1.54, 1.807) is 43.3 Å². The van der Waals surface area contributed by atoms with Crippen LogP contribution in [0.4, 0.5) is 0 Å². The van der Waals surface area contributed by atoms with Crippen molar-refractivity contribution in [2.45, 2.75) is 18.9 Å². The van der Waals surface area contributed by atoms with Crippen molar-refractivity contribution in [3.63, 3.8) is 0 Å². The molecule has 0 bridgehead atoms. The first-order valence-corrected chi connectivity index (χ1v) is 8.28. The fourth-order valence-corrected chi connectivity index (χ4v) is 3.31. The van der Waals surface area contributed by atoms with Gasteiger partial charge < -0.3 is 19.0 Å². The fourth-order valence-electron chi connectivity index (χ4n) is 3.31. The van der Waals surface area contributed by atoms with Crippen LogP contribution in [0.2, 0.25) is 0 Å². The average Bonchev–Trinajstić information content (AvgIpc) is 3.04. The van der Waals surface area contributed by atoms with E-state index in [1.807, 2.05) is 0 Å². The predicted molar refractivity (Wildman–Crippen MR) is 93.5 cm³/mol. The van der Waals surface area contributed by atoms with Crippen LogP contribution in [0, 0.1) is 0 Å². The highest BCUT2D eigenvalue weighted by atomic mass is 16.6. The van der Waals surface area contributed by atoms with Gasteiger partial charge in [0, 0.05) is 0 Å². The van der Waals surface area contributed by atoms with Gasteiger partial charge in [-0.2, -0.15) is 0 Å². The summed E-state index contributed by atoms with van der Waals surface area (Å²) in [5.41, 5.74) is 0.781. The minimum atomic E-state index is -0.997. The Labute approximate surface area is 148 Å². The van der Waals surface area contributed by atoms with Crippen molar-refractivity contribution in [1.82, 2.24) is 0 Å². The minimum Gasteiger partial charge on any atom is -0.508 e. The first-order chi connectivity index (χ1) is 12.6. The molecule has 0 aliphatic carbocycles. The molecule has 1 aliphatic heterocycles. The molecule has 0 unspecified atom stereocenters. The summed E-state index contributed by atoms with van der Waals surface area (Å²) in [6.07, 6.45) is -0.997. The number of benzene rings is 2. The number of hydrogen-bond donors (Lipinski definition) is 1. The van der Waals surface area contributed by atoms with E-state index in [0.717, 1.165) is 0 Å². The molecule has 2 heterocycles. The van der Waals surface area contributed by atoms with Gasteiger partial charge in [0.05, 0.1) is 23.5 Å². The highest BCUT2D eigenvalue weighted by molar-refractivity contribution is 5.88. The number of fused-ring (bicyclic) bond motifs is 3. The number of para-hydroxylation sites is 1. The summed E-state index contributed by atoms with van der Waals surface area (Å²) in [5, 5.41) is 10.2. The molecule has 1 N–H and O–H groups in total. The van der Waals surface area contributed by atoms with E-state index in [0.29, 0.717) is 22.3 Å². The Hall–Kier alpha value is -3.28. The van der Waals surface area contributed by atoms with E-state index in [9.17, 15) is 14.7 Å². The molecular formula is C20H16O6. The number of hydrogen-bond acceptors (Lipinski definition) is 6. The molecule has 132 valence electrons. The number of phenolic OH excluding ortho intramolecular Hbond substituents is 1. The van der Waals surface area contributed by atoms with Crippen LogP contribution >= 0.6 is 0 Å². The van der Waals surface area contributed by atoms with Gasteiger partial charge in [-0.15, -0.1) is 0 Å². The van der Waals surface area contributed by atoms with Crippen molar-refractivity contribution in [2.75, 3.05) is 6.61 Å². The van der Waals surface area contributed by atoms with Crippen LogP contribution in [0.3, 0.4) is 0 Å². The topological polar surface area (TPSA) is 86.0 Å². The maximum Gasteiger partial charge on any atom is 0.348 e. The molecule has 2 atom stereocenters. The number of aromatic hydroxyl groups is 1. The largest absolute Gasteiger partial charge is 0.508 e. The normalized spacial score (nSPS) is 18.3. The molecule has 0 fully saturated rings. The Balaban J connectivity index is 1.94. The summed E-state index contributed by atoms with van der Waals surface area (Å²) < 4.78 is 16.5. The lowest BCUT2D eigenvalue weighted by Crippen LogP contribution is -2.32. The summed E-state index contributed by atoms with van der Waals surface area (Å²) in [4.78, 5) is 25.1. The van der Waals surface area contributed by atoms with Gasteiger partial charge >= 0.3 is 11.6 Å². The number of carbonyl (C=O) groups is 1. The van der Waals surface area contributed by atoms with Crippen LogP contribution < -0.4 is 10.4 Å². The van der Waals surface area contributed by atoms with Crippen molar-refractivity contribution < 1.29 is 23.8 Å². The van der Waals surface area contributed by atoms with Crippen LogP contribution in [0.15, 0.2) is 57.7 Å². The minimum absolute atomic E-state index is 0.0890. The number of rotatable bonds is 3. The third-order valence-corrected chi connectivity index (χ3v) is 4.43. The van der Waals surface area contributed by atoms with E-state index < -0.39 is 23.6 Å². The van der Waals surface area contributed by atoms with Crippen LogP contribution in [-0.4, -0.2) is 23.8 Å². The molecule has 1 aromatic heterocycles. The third kappa shape index (κ3) is 2.50. The summed E-state index contributed by atoms with van der Waals surface area (Å²) >= 11 is 0. The molecular weight excluding hydrogens is 336 g/mol. The van der Waals surface area contributed by atoms with Crippen molar-refractivity contribution in [2.24, 2.45) is 0 Å². The first-order valence-electron chi connectivity index (χ1n) is 8.28. The Kier molecular flexibility index (Phi) is 3.88. The fraction of sp³-hybridized carbons (Fsp3) is 0.200. The lowest BCUT2D eigenvalue weighted by Gasteiger charge is -2.17. The highest BCUT2D eigenvalue weighted by Crippen LogP contribution is 2.44. The molecule has 0 spiro atoms. The van der Waals surface area contributed by atoms with Gasteiger partial charge in [0.15, 0.2) is 0 Å². The number of carbonyl (C=O) groups excluding carboxylic acids is 1. The van der Waals surface area contributed by atoms with Crippen LogP contribution in [0.5, 0.6) is 11.5 Å². The zero-order chi connectivity index (χ0) is 18.3. The van der Waals surface area contributed by atoms with Gasteiger partial charge in [0.1, 0.15) is 17.1 Å². The maximum atomic E-state index is 12.7. The van der Waals surface area contributed by atoms with E-state index in [4.69, 9.17) is 13.9 Å². The standard InChI is InChI=1S/C20H16O6/c1-2-24-20(23)18-15(11-7-9-12(21)10-8-11)16-17(26-18)13-5-3-4-6-14(13)25-19(16)22/h3-10,15,18,21H,2H2,1H3/t15-,18-/m1/s1. The van der Waals surface area contributed by atoms with Crippen molar-refractivity contribution in [1.29, 1.82) is 0 Å². The molecule has 6 heteroatoms. The predicted octanol–water partition coefficient (Wildman–Crippen LogP) is 2.95. The van der Waals surface area contributed by atoms with Gasteiger partial charge in [0.25, 0.3) is 0 Å². The quantitative estimate of drug-likeness (QED) is 0.576. The van der Waals surface area contributed by atoms with Crippen molar-refractivity contribution >= 4 is 16.9 Å². The smallest absolute Gasteiger partial charge is 0.348 e. The van der Waals surface area contributed by atoms with Gasteiger partial charge in [-0.3, -0.25) is 0 Å². The molecule has 0 saturated heterocycles. The van der Waals surface area contributed by atoms with Crippen LogP contribution in [0.25, 0.3) is 11.0 Å². The third-order valence-electron chi connectivity index (χ3n) is 4.43. The molecule has 0 amide bonds. The monoisotopic (exact) mass is 352 g/mol. The van der Waals surface area contributed by atoms with Crippen LogP contribution in [0.1, 0.15) is 24.0 Å². The second-order valence-corrected chi connectivity index (χ2v) is 5.99. The average molecular weight is 352 g/mol. The first kappa shape index (κ1) is 16.2. The van der Waals surface area contributed by atoms with Gasteiger partial charge in [-0.25, -0.2) is 9.59 Å². The Bertz CT molecular complexity index is 1030. The summed E-state index contributed by atoms with van der Waals surface area (Å²) in [6, 6.07) is 13.3. The Morgan fingerprint density at radius 1 is 1.15 bits per heavy atom. The summed E-state index contributed by atoms with van der Waals surface area (Å²) in [6.45, 7) is 1.91. The lowest BCUT2D eigenvalue weighted by atomic mass is 9.88. The maximum absolute atomic E-state index is 12.7. The Morgan fingerprint density at radius 3 is 2.62 bits per heavy atom. The number of phenols is 1. The van der Waals surface area contributed by atoms with E-state index in [2.05, 4.69) is 0 Å². The number of esters is 1. The molecule has 26 heavy (non-hydrogen) atoms. The second-order valence-electron chi connectivity index (χ2n) is 5.99. The molecule has 3 aromatic rings. The zero-order valence-corrected chi connectivity index (χ0v) is 14.0. The molecule has 2 aromatic carbocycles. The van der Waals surface area contributed by atoms with Crippen molar-refractivity contribution in [3.8, 4) is 11.5 Å². The van der Waals surface area contributed by atoms with E-state index >= 15 is 0 Å². The second kappa shape index (κ2) is 6.22. The lowest BCUT2D eigenvalue weighted by molar-refractivity contribution is -0.151. The molecule has 6 nitrogen and oxygen atoms in total. The molecule has 0 radical (unpaired) electrons. The zero-order valence-electron chi connectivity index (χ0n) is 14.0. The number of ether oxygens (including phenoxy) is 2. The molecule has 0 saturated carbocycles. The van der Waals surface area contributed by atoms with Gasteiger partial charge in [-0.05, 0) is 36.8 Å². The SMILES string of the molecule is CCOC(=O)[C@@H]1Oc2c(c(=O)oc3ccccc23)[C@H]1c1ccc(O)cc1. The van der Waals surface area contributed by atoms with E-state index in [1.165, 1.54) is 12.1 Å². The van der Waals surface area contributed by atoms with Crippen molar-refractivity contribution in [3.05, 3.63) is 70.1 Å². The van der Waals surface area contributed by atoms with E-state index in [-0.39, 0.29) is 17.9 Å². The molecule has 4 rings (SSSR count). The van der Waals surface area contributed by atoms with Gasteiger partial charge in [0.2, 0.25) is 6.10 Å². The van der Waals surface area contributed by atoms with Gasteiger partial charge in [-0.1, -0.05) is 24.3 Å². The van der Waals surface area contributed by atoms with Crippen LogP contribution in [-0.2, 0) is 9.53 Å². The Morgan fingerprint density at radius 2 is 1.88 bits per heavy atom. The highest BCUT2D eigenvalue weighted by Gasteiger charge is 2.45. The molecule has 1 aliphatic rings. The summed E-state index contributed by atoms with van der Waals surface area (Å²) in [5.74, 6) is -0.796.